The van der Waals surface area contributed by atoms with E-state index in [1.165, 1.54) is 5.56 Å². The normalized spacial score (nSPS) is 23.1. The van der Waals surface area contributed by atoms with Crippen molar-refractivity contribution >= 4 is 15.9 Å². The van der Waals surface area contributed by atoms with Gasteiger partial charge in [-0.15, -0.1) is 0 Å². The molecule has 3 heteroatoms. The number of rotatable bonds is 1. The highest BCUT2D eigenvalue weighted by atomic mass is 79.9. The van der Waals surface area contributed by atoms with Gasteiger partial charge in [0.2, 0.25) is 0 Å². The average molecular weight is 256 g/mol. The molecule has 1 atom stereocenters. The van der Waals surface area contributed by atoms with Gasteiger partial charge < -0.3 is 10.1 Å². The van der Waals surface area contributed by atoms with Crippen LogP contribution in [0.3, 0.4) is 0 Å². The molecule has 1 aliphatic heterocycles. The van der Waals surface area contributed by atoms with Crippen molar-refractivity contribution in [1.82, 2.24) is 5.32 Å². The molecule has 2 nitrogen and oxygen atoms in total. The molecule has 0 aromatic heterocycles. The molecule has 76 valence electrons. The first-order chi connectivity index (χ1) is 6.86. The molecular formula is C11H14BrNO. The van der Waals surface area contributed by atoms with Crippen LogP contribution in [-0.4, -0.2) is 26.3 Å². The van der Waals surface area contributed by atoms with Crippen molar-refractivity contribution in [2.45, 2.75) is 5.92 Å². The lowest BCUT2D eigenvalue weighted by Crippen LogP contribution is -2.21. The van der Waals surface area contributed by atoms with Crippen molar-refractivity contribution < 1.29 is 4.74 Å². The van der Waals surface area contributed by atoms with Gasteiger partial charge in [0.25, 0.3) is 0 Å². The largest absolute Gasteiger partial charge is 0.379 e. The first-order valence-corrected chi connectivity index (χ1v) is 5.69. The summed E-state index contributed by atoms with van der Waals surface area (Å²) in [5.41, 5.74) is 1.35. The van der Waals surface area contributed by atoms with E-state index in [0.717, 1.165) is 30.8 Å². The maximum Gasteiger partial charge on any atom is 0.0591 e. The number of hydrogen-bond acceptors (Lipinski definition) is 2. The number of benzene rings is 1. The molecule has 0 aliphatic carbocycles. The lowest BCUT2D eigenvalue weighted by Gasteiger charge is -2.13. The van der Waals surface area contributed by atoms with Gasteiger partial charge in [-0.25, -0.2) is 0 Å². The van der Waals surface area contributed by atoms with Crippen LogP contribution < -0.4 is 5.32 Å². The van der Waals surface area contributed by atoms with Crippen molar-refractivity contribution in [2.75, 3.05) is 26.3 Å². The van der Waals surface area contributed by atoms with E-state index in [4.69, 9.17) is 4.74 Å². The summed E-state index contributed by atoms with van der Waals surface area (Å²) in [7, 11) is 0. The first-order valence-electron chi connectivity index (χ1n) is 4.90. The molecule has 0 amide bonds. The minimum atomic E-state index is 0.491. The molecule has 1 heterocycles. The van der Waals surface area contributed by atoms with Gasteiger partial charge in [-0.3, -0.25) is 0 Å². The number of ether oxygens (including phenoxy) is 1. The molecule has 1 aromatic rings. The molecule has 0 bridgehead atoms. The number of halogens is 1. The quantitative estimate of drug-likeness (QED) is 0.831. The molecule has 0 spiro atoms. The third-order valence-corrected chi connectivity index (χ3v) is 3.00. The molecule has 2 rings (SSSR count). The molecule has 1 N–H and O–H groups in total. The third-order valence-electron chi connectivity index (χ3n) is 2.47. The second kappa shape index (κ2) is 4.91. The Kier molecular flexibility index (Phi) is 3.56. The Balaban J connectivity index is 2.08. The summed E-state index contributed by atoms with van der Waals surface area (Å²) >= 11 is 3.44. The number of hydrogen-bond donors (Lipinski definition) is 1. The highest BCUT2D eigenvalue weighted by molar-refractivity contribution is 9.10. The van der Waals surface area contributed by atoms with Gasteiger partial charge in [0.05, 0.1) is 13.2 Å². The Morgan fingerprint density at radius 3 is 2.86 bits per heavy atom. The minimum Gasteiger partial charge on any atom is -0.379 e. The third kappa shape index (κ3) is 2.56. The van der Waals surface area contributed by atoms with E-state index >= 15 is 0 Å². The summed E-state index contributed by atoms with van der Waals surface area (Å²) in [6, 6.07) is 8.48. The Morgan fingerprint density at radius 1 is 1.29 bits per heavy atom. The van der Waals surface area contributed by atoms with Crippen LogP contribution in [0, 0.1) is 0 Å². The van der Waals surface area contributed by atoms with E-state index in [2.05, 4.69) is 45.5 Å². The molecule has 0 radical (unpaired) electrons. The molecule has 0 unspecified atom stereocenters. The predicted molar refractivity (Wildman–Crippen MR) is 60.6 cm³/mol. The van der Waals surface area contributed by atoms with Gasteiger partial charge in [0.1, 0.15) is 0 Å². The summed E-state index contributed by atoms with van der Waals surface area (Å²) < 4.78 is 6.65. The summed E-state index contributed by atoms with van der Waals surface area (Å²) in [5.74, 6) is 0.491. The van der Waals surface area contributed by atoms with Crippen LogP contribution in [0.2, 0.25) is 0 Å². The van der Waals surface area contributed by atoms with Crippen LogP contribution in [-0.2, 0) is 4.74 Å². The highest BCUT2D eigenvalue weighted by Gasteiger charge is 2.13. The van der Waals surface area contributed by atoms with Crippen LogP contribution in [0.1, 0.15) is 11.5 Å². The standard InChI is InChI=1S/C11H14BrNO/c12-11-3-1-9(2-4-11)10-7-13-5-6-14-8-10/h1-4,10,13H,5-8H2/t10-/m0/s1. The van der Waals surface area contributed by atoms with Crippen molar-refractivity contribution in [3.8, 4) is 0 Å². The molecular weight excluding hydrogens is 242 g/mol. The van der Waals surface area contributed by atoms with E-state index in [9.17, 15) is 0 Å². The van der Waals surface area contributed by atoms with Gasteiger partial charge in [-0.1, -0.05) is 28.1 Å². The Hall–Kier alpha value is -0.380. The zero-order valence-electron chi connectivity index (χ0n) is 8.00. The van der Waals surface area contributed by atoms with Crippen LogP contribution in [0.15, 0.2) is 28.7 Å². The van der Waals surface area contributed by atoms with E-state index in [1.54, 1.807) is 0 Å². The zero-order chi connectivity index (χ0) is 9.80. The Morgan fingerprint density at radius 2 is 2.07 bits per heavy atom. The fourth-order valence-electron chi connectivity index (χ4n) is 1.65. The Bertz CT molecular complexity index is 278. The van der Waals surface area contributed by atoms with Crippen LogP contribution in [0.4, 0.5) is 0 Å². The number of nitrogens with one attached hydrogen (secondary N) is 1. The average Bonchev–Trinajstić information content (AvgIpc) is 2.47. The van der Waals surface area contributed by atoms with Gasteiger partial charge >= 0.3 is 0 Å². The van der Waals surface area contributed by atoms with Crippen molar-refractivity contribution in [3.63, 3.8) is 0 Å². The lowest BCUT2D eigenvalue weighted by atomic mass is 10.0. The fraction of sp³-hybridized carbons (Fsp3) is 0.455. The molecule has 1 aromatic carbocycles. The highest BCUT2D eigenvalue weighted by Crippen LogP contribution is 2.19. The van der Waals surface area contributed by atoms with Crippen molar-refractivity contribution in [3.05, 3.63) is 34.3 Å². The van der Waals surface area contributed by atoms with E-state index in [-0.39, 0.29) is 0 Å². The molecule has 1 aliphatic rings. The molecule has 14 heavy (non-hydrogen) atoms. The SMILES string of the molecule is Brc1ccc([C@H]2CNCCOC2)cc1. The second-order valence-corrected chi connectivity index (χ2v) is 4.44. The molecule has 1 saturated heterocycles. The van der Waals surface area contributed by atoms with Crippen LogP contribution >= 0.6 is 15.9 Å². The smallest absolute Gasteiger partial charge is 0.0591 e. The summed E-state index contributed by atoms with van der Waals surface area (Å²) in [5, 5.41) is 3.37. The molecule has 0 saturated carbocycles. The minimum absolute atomic E-state index is 0.491. The zero-order valence-corrected chi connectivity index (χ0v) is 9.59. The van der Waals surface area contributed by atoms with Gasteiger partial charge in [-0.05, 0) is 17.7 Å². The van der Waals surface area contributed by atoms with Gasteiger partial charge in [0.15, 0.2) is 0 Å². The monoisotopic (exact) mass is 255 g/mol. The van der Waals surface area contributed by atoms with Gasteiger partial charge in [-0.2, -0.15) is 0 Å². The van der Waals surface area contributed by atoms with Crippen LogP contribution in [0.25, 0.3) is 0 Å². The second-order valence-electron chi connectivity index (χ2n) is 3.53. The summed E-state index contributed by atoms with van der Waals surface area (Å²) in [6.07, 6.45) is 0. The van der Waals surface area contributed by atoms with Crippen molar-refractivity contribution in [2.24, 2.45) is 0 Å². The summed E-state index contributed by atoms with van der Waals surface area (Å²) in [4.78, 5) is 0. The van der Waals surface area contributed by atoms with E-state index < -0.39 is 0 Å². The maximum absolute atomic E-state index is 5.52. The van der Waals surface area contributed by atoms with E-state index in [0.29, 0.717) is 5.92 Å². The summed E-state index contributed by atoms with van der Waals surface area (Å²) in [6.45, 7) is 3.64. The molecule has 1 fully saturated rings. The van der Waals surface area contributed by atoms with Crippen molar-refractivity contribution in [1.29, 1.82) is 0 Å². The lowest BCUT2D eigenvalue weighted by molar-refractivity contribution is 0.141. The predicted octanol–water partition coefficient (Wildman–Crippen LogP) is 2.15. The van der Waals surface area contributed by atoms with Gasteiger partial charge in [0, 0.05) is 23.5 Å². The maximum atomic E-state index is 5.52. The van der Waals surface area contributed by atoms with Crippen LogP contribution in [0.5, 0.6) is 0 Å². The topological polar surface area (TPSA) is 21.3 Å². The fourth-order valence-corrected chi connectivity index (χ4v) is 1.92. The van der Waals surface area contributed by atoms with E-state index in [1.807, 2.05) is 0 Å². The Labute approximate surface area is 92.8 Å². The first kappa shape index (κ1) is 10.1.